The molecule has 0 spiro atoms. The molecule has 2 aliphatic rings. The van der Waals surface area contributed by atoms with Crippen molar-refractivity contribution in [2.24, 2.45) is 0 Å². The van der Waals surface area contributed by atoms with E-state index in [1.165, 1.54) is 18.3 Å². The first kappa shape index (κ1) is 31.0. The molecule has 2 fully saturated rings. The fourth-order valence-corrected chi connectivity index (χ4v) is 5.18. The summed E-state index contributed by atoms with van der Waals surface area (Å²) in [7, 11) is 0. The van der Waals surface area contributed by atoms with Crippen molar-refractivity contribution in [3.63, 3.8) is 0 Å². The second kappa shape index (κ2) is 11.9. The molecule has 2 N–H and O–H groups in total. The number of hydrogen-bond acceptors (Lipinski definition) is 7. The number of halogens is 1. The molecule has 44 heavy (non-hydrogen) atoms. The van der Waals surface area contributed by atoms with Crippen LogP contribution in [0.3, 0.4) is 0 Å². The van der Waals surface area contributed by atoms with Gasteiger partial charge in [-0.2, -0.15) is 0 Å². The highest BCUT2D eigenvalue weighted by atomic mass is 19.1. The van der Waals surface area contributed by atoms with Crippen molar-refractivity contribution in [1.29, 1.82) is 0 Å². The number of amides is 3. The number of piperazine rings is 1. The molecule has 1 aliphatic heterocycles. The van der Waals surface area contributed by atoms with Gasteiger partial charge in [-0.25, -0.2) is 14.0 Å². The minimum atomic E-state index is -0.724. The Morgan fingerprint density at radius 3 is 2.18 bits per heavy atom. The second-order valence-corrected chi connectivity index (χ2v) is 13.3. The van der Waals surface area contributed by atoms with Crippen LogP contribution in [0, 0.1) is 5.82 Å². The summed E-state index contributed by atoms with van der Waals surface area (Å²) in [5, 5.41) is 6.09. The number of anilines is 3. The first-order valence-corrected chi connectivity index (χ1v) is 14.9. The Morgan fingerprint density at radius 1 is 0.864 bits per heavy atom. The summed E-state index contributed by atoms with van der Waals surface area (Å²) < 4.78 is 25.0. The molecule has 0 atom stereocenters. The molecule has 1 saturated heterocycles. The van der Waals surface area contributed by atoms with Gasteiger partial charge in [0.05, 0.1) is 22.5 Å². The number of nitrogens with one attached hydrogen (secondary N) is 2. The third-order valence-electron chi connectivity index (χ3n) is 7.25. The highest BCUT2D eigenvalue weighted by Crippen LogP contribution is 2.47. The molecule has 5 rings (SSSR count). The Hall–Kier alpha value is -4.41. The van der Waals surface area contributed by atoms with Gasteiger partial charge in [0.1, 0.15) is 17.0 Å². The van der Waals surface area contributed by atoms with Gasteiger partial charge >= 0.3 is 12.2 Å². The third-order valence-corrected chi connectivity index (χ3v) is 7.25. The number of carbonyl (C=O) groups is 3. The zero-order chi connectivity index (χ0) is 31.8. The lowest BCUT2D eigenvalue weighted by molar-refractivity contribution is 0.0240. The van der Waals surface area contributed by atoms with Crippen molar-refractivity contribution < 1.29 is 28.2 Å². The third kappa shape index (κ3) is 7.56. The number of rotatable bonds is 5. The smallest absolute Gasteiger partial charge is 0.412 e. The molecule has 3 aromatic rings. The first-order valence-electron chi connectivity index (χ1n) is 14.9. The molecule has 2 aromatic carbocycles. The van der Waals surface area contributed by atoms with Gasteiger partial charge in [-0.15, -0.1) is 0 Å². The average Bonchev–Trinajstić information content (AvgIpc) is 3.77. The predicted octanol–water partition coefficient (Wildman–Crippen LogP) is 6.91. The number of carbonyl (C=O) groups excluding carboxylic acids is 3. The van der Waals surface area contributed by atoms with Crippen molar-refractivity contribution in [1.82, 2.24) is 9.88 Å². The highest BCUT2D eigenvalue weighted by Gasteiger charge is 2.33. The van der Waals surface area contributed by atoms with E-state index >= 15 is 0 Å². The summed E-state index contributed by atoms with van der Waals surface area (Å²) in [6, 6.07) is 9.49. The zero-order valence-corrected chi connectivity index (χ0v) is 26.1. The molecule has 0 radical (unpaired) electrons. The standard InChI is InChI=1S/C33H40FN5O5/c1-32(2,3)43-30(41)37-24-11-10-23(34)18-25(24)36-29(40)22-17-21-9-12-26(27(20-7-8-20)28(21)35-19-22)38-13-15-39(16-14-38)31(42)44-33(4,5)6/h9-12,17-20H,7-8,13-16H2,1-6H3,(H,36,40)(H,37,41). The lowest BCUT2D eigenvalue weighted by atomic mass is 10.0. The maximum atomic E-state index is 14.1. The molecule has 10 nitrogen and oxygen atoms in total. The normalized spacial score (nSPS) is 15.6. The van der Waals surface area contributed by atoms with E-state index in [1.54, 1.807) is 31.7 Å². The van der Waals surface area contributed by atoms with Crippen LogP contribution < -0.4 is 15.5 Å². The Morgan fingerprint density at radius 2 is 1.55 bits per heavy atom. The van der Waals surface area contributed by atoms with Crippen LogP contribution in [0.1, 0.15) is 76.2 Å². The van der Waals surface area contributed by atoms with E-state index in [1.807, 2.05) is 26.8 Å². The quantitative estimate of drug-likeness (QED) is 0.325. The van der Waals surface area contributed by atoms with Crippen molar-refractivity contribution in [2.45, 2.75) is 71.5 Å². The Kier molecular flexibility index (Phi) is 8.42. The van der Waals surface area contributed by atoms with E-state index in [0.29, 0.717) is 37.7 Å². The number of hydrogen-bond donors (Lipinski definition) is 2. The first-order chi connectivity index (χ1) is 20.7. The minimum Gasteiger partial charge on any atom is -0.444 e. The van der Waals surface area contributed by atoms with E-state index in [9.17, 15) is 18.8 Å². The molecule has 3 amide bonds. The van der Waals surface area contributed by atoms with Crippen LogP contribution in [0.15, 0.2) is 42.6 Å². The van der Waals surface area contributed by atoms with Crippen molar-refractivity contribution in [2.75, 3.05) is 41.7 Å². The number of fused-ring (bicyclic) bond motifs is 1. The molecular formula is C33H40FN5O5. The molecule has 234 valence electrons. The van der Waals surface area contributed by atoms with Gasteiger partial charge in [0, 0.05) is 49.0 Å². The van der Waals surface area contributed by atoms with Crippen LogP contribution in [0.4, 0.5) is 31.0 Å². The molecule has 1 saturated carbocycles. The molecule has 2 heterocycles. The van der Waals surface area contributed by atoms with Crippen LogP contribution in [-0.2, 0) is 9.47 Å². The predicted molar refractivity (Wildman–Crippen MR) is 168 cm³/mol. The highest BCUT2D eigenvalue weighted by molar-refractivity contribution is 6.08. The summed E-state index contributed by atoms with van der Waals surface area (Å²) in [5.41, 5.74) is 2.44. The average molecular weight is 606 g/mol. The van der Waals surface area contributed by atoms with Crippen LogP contribution in [0.25, 0.3) is 10.9 Å². The van der Waals surface area contributed by atoms with Gasteiger partial charge in [-0.05, 0) is 90.6 Å². The van der Waals surface area contributed by atoms with E-state index in [2.05, 4.69) is 21.6 Å². The largest absolute Gasteiger partial charge is 0.444 e. The van der Waals surface area contributed by atoms with Gasteiger partial charge < -0.3 is 24.6 Å². The van der Waals surface area contributed by atoms with Crippen LogP contribution in [-0.4, -0.2) is 65.4 Å². The summed E-state index contributed by atoms with van der Waals surface area (Å²) in [4.78, 5) is 46.9. The van der Waals surface area contributed by atoms with E-state index in [0.717, 1.165) is 41.1 Å². The number of pyridine rings is 1. The zero-order valence-electron chi connectivity index (χ0n) is 26.1. The van der Waals surface area contributed by atoms with E-state index in [-0.39, 0.29) is 17.5 Å². The van der Waals surface area contributed by atoms with E-state index in [4.69, 9.17) is 14.5 Å². The van der Waals surface area contributed by atoms with Gasteiger partial charge in [-0.1, -0.05) is 6.07 Å². The van der Waals surface area contributed by atoms with E-state index < -0.39 is 29.0 Å². The minimum absolute atomic E-state index is 0.0977. The maximum Gasteiger partial charge on any atom is 0.412 e. The van der Waals surface area contributed by atoms with Gasteiger partial charge in [0.25, 0.3) is 5.91 Å². The van der Waals surface area contributed by atoms with Crippen LogP contribution in [0.5, 0.6) is 0 Å². The second-order valence-electron chi connectivity index (χ2n) is 13.3. The lowest BCUT2D eigenvalue weighted by Gasteiger charge is -2.37. The SMILES string of the molecule is CC(C)(C)OC(=O)Nc1ccc(F)cc1NC(=O)c1cnc2c(C3CC3)c(N3CCN(C(=O)OC(C)(C)C)CC3)ccc2c1. The fourth-order valence-electron chi connectivity index (χ4n) is 5.18. The monoisotopic (exact) mass is 605 g/mol. The molecule has 0 bridgehead atoms. The fraction of sp³-hybridized carbons (Fsp3) is 0.455. The Balaban J connectivity index is 1.34. The van der Waals surface area contributed by atoms with Gasteiger partial charge in [-0.3, -0.25) is 15.1 Å². The van der Waals surface area contributed by atoms with Crippen molar-refractivity contribution in [3.05, 3.63) is 59.5 Å². The topological polar surface area (TPSA) is 113 Å². The molecular weight excluding hydrogens is 565 g/mol. The molecule has 11 heteroatoms. The van der Waals surface area contributed by atoms with Crippen molar-refractivity contribution >= 4 is 46.1 Å². The number of nitrogens with zero attached hydrogens (tertiary/aromatic N) is 3. The lowest BCUT2D eigenvalue weighted by Crippen LogP contribution is -2.50. The summed E-state index contributed by atoms with van der Waals surface area (Å²) in [6.07, 6.45) is 2.65. The van der Waals surface area contributed by atoms with Crippen LogP contribution in [0.2, 0.25) is 0 Å². The molecule has 1 aromatic heterocycles. The number of aromatic nitrogens is 1. The van der Waals surface area contributed by atoms with Crippen LogP contribution >= 0.6 is 0 Å². The summed E-state index contributed by atoms with van der Waals surface area (Å²) in [5.74, 6) is -0.675. The molecule has 0 unspecified atom stereocenters. The van der Waals surface area contributed by atoms with Crippen molar-refractivity contribution in [3.8, 4) is 0 Å². The Bertz CT molecular complexity index is 1580. The molecule has 1 aliphatic carbocycles. The van der Waals surface area contributed by atoms with Gasteiger partial charge in [0.15, 0.2) is 0 Å². The summed E-state index contributed by atoms with van der Waals surface area (Å²) >= 11 is 0. The maximum absolute atomic E-state index is 14.1. The van der Waals surface area contributed by atoms with Gasteiger partial charge in [0.2, 0.25) is 0 Å². The number of benzene rings is 2. The summed E-state index contributed by atoms with van der Waals surface area (Å²) in [6.45, 7) is 13.3. The number of ether oxygens (including phenoxy) is 2. The Labute approximate surface area is 256 Å².